The molecule has 2 amide bonds. The van der Waals surface area contributed by atoms with Crippen molar-refractivity contribution in [2.45, 2.75) is 42.8 Å². The largest absolute Gasteiger partial charge is 0.497 e. The van der Waals surface area contributed by atoms with Gasteiger partial charge >= 0.3 is 0 Å². The van der Waals surface area contributed by atoms with Crippen LogP contribution in [-0.2, 0) is 29.1 Å². The number of likely N-dealkylation sites (tertiary alicyclic amines) is 1. The summed E-state index contributed by atoms with van der Waals surface area (Å²) in [7, 11) is -2.40. The van der Waals surface area contributed by atoms with Crippen molar-refractivity contribution < 1.29 is 37.3 Å². The van der Waals surface area contributed by atoms with Gasteiger partial charge in [0.1, 0.15) is 5.75 Å². The number of nitrogens with zero attached hydrogens (tertiary/aromatic N) is 2. The summed E-state index contributed by atoms with van der Waals surface area (Å²) >= 11 is 0. The number of amides is 2. The molecule has 1 fully saturated rings. The molecule has 2 aliphatic rings. The highest BCUT2D eigenvalue weighted by Gasteiger charge is 2.30. The molecule has 0 aliphatic carbocycles. The molecular formula is C30H39N3O8S. The maximum Gasteiger partial charge on any atom is 0.286 e. The lowest BCUT2D eigenvalue weighted by molar-refractivity contribution is -0.146. The molecule has 0 unspecified atom stereocenters. The molecule has 0 aromatic heterocycles. The van der Waals surface area contributed by atoms with Crippen LogP contribution in [0.5, 0.6) is 5.75 Å². The van der Waals surface area contributed by atoms with Gasteiger partial charge in [0.15, 0.2) is 5.76 Å². The molecule has 11 nitrogen and oxygen atoms in total. The Hall–Kier alpha value is -3.45. The molecule has 2 atom stereocenters. The first-order valence-corrected chi connectivity index (χ1v) is 15.6. The number of hydrogen-bond donors (Lipinski definition) is 2. The zero-order chi connectivity index (χ0) is 30.0. The van der Waals surface area contributed by atoms with E-state index in [-0.39, 0.29) is 54.7 Å². The van der Waals surface area contributed by atoms with Gasteiger partial charge in [0.2, 0.25) is 22.2 Å². The average Bonchev–Trinajstić information content (AvgIpc) is 3.43. The highest BCUT2D eigenvalue weighted by molar-refractivity contribution is 7.89. The van der Waals surface area contributed by atoms with Crippen molar-refractivity contribution in [1.82, 2.24) is 14.5 Å². The lowest BCUT2D eigenvalue weighted by Crippen LogP contribution is -2.38. The molecule has 2 aromatic rings. The van der Waals surface area contributed by atoms with E-state index in [0.29, 0.717) is 38.1 Å². The summed E-state index contributed by atoms with van der Waals surface area (Å²) in [5.41, 5.74) is 0.997. The number of carbonyl (C=O) groups is 2. The molecule has 4 rings (SSSR count). The van der Waals surface area contributed by atoms with Crippen LogP contribution in [0.4, 0.5) is 0 Å². The molecular weight excluding hydrogens is 562 g/mol. The number of hydrogen-bond acceptors (Lipinski definition) is 8. The SMILES string of the molecule is COc1ccc(S(=O)(=O)N(CCO)CCO[C@@H]2C[C@H](c3ccccc3)C=C(C(=O)NCCCN3CCCC3=O)O2)cc1. The summed E-state index contributed by atoms with van der Waals surface area (Å²) in [4.78, 5) is 26.7. The predicted molar refractivity (Wildman–Crippen MR) is 155 cm³/mol. The second-order valence-corrected chi connectivity index (χ2v) is 12.0. The Bertz CT molecular complexity index is 1320. The monoisotopic (exact) mass is 601 g/mol. The molecule has 228 valence electrons. The Morgan fingerprint density at radius 1 is 1.14 bits per heavy atom. The van der Waals surface area contributed by atoms with Gasteiger partial charge in [-0.15, -0.1) is 0 Å². The van der Waals surface area contributed by atoms with Gasteiger partial charge in [-0.25, -0.2) is 8.42 Å². The maximum absolute atomic E-state index is 13.2. The van der Waals surface area contributed by atoms with Crippen molar-refractivity contribution in [1.29, 1.82) is 0 Å². The minimum absolute atomic E-state index is 0.0136. The number of nitrogens with one attached hydrogen (secondary N) is 1. The van der Waals surface area contributed by atoms with Crippen molar-refractivity contribution in [2.24, 2.45) is 0 Å². The predicted octanol–water partition coefficient (Wildman–Crippen LogP) is 2.24. The number of ether oxygens (including phenoxy) is 3. The van der Waals surface area contributed by atoms with Crippen LogP contribution in [-0.4, -0.2) is 93.9 Å². The number of methoxy groups -OCH3 is 1. The van der Waals surface area contributed by atoms with Crippen LogP contribution in [0.3, 0.4) is 0 Å². The van der Waals surface area contributed by atoms with Crippen LogP contribution in [0.15, 0.2) is 71.3 Å². The molecule has 0 bridgehead atoms. The van der Waals surface area contributed by atoms with Crippen molar-refractivity contribution in [3.05, 3.63) is 72.0 Å². The molecule has 0 radical (unpaired) electrons. The number of carbonyl (C=O) groups excluding carboxylic acids is 2. The minimum Gasteiger partial charge on any atom is -0.497 e. The standard InChI is InChI=1S/C30H39N3O8S/c1-39-25-10-12-26(13-11-25)42(37,38)33(17-19-34)18-20-40-29-22-24(23-7-3-2-4-8-23)21-27(41-29)30(36)31-14-6-16-32-15-5-9-28(32)35/h2-4,7-8,10-13,21,24,29,34H,5-6,9,14-20,22H2,1H3,(H,31,36)/t24-,29+/m1/s1. The normalized spacial score (nSPS) is 19.0. The van der Waals surface area contributed by atoms with Gasteiger partial charge in [0.05, 0.1) is 25.2 Å². The highest BCUT2D eigenvalue weighted by atomic mass is 32.2. The van der Waals surface area contributed by atoms with E-state index in [1.807, 2.05) is 35.2 Å². The van der Waals surface area contributed by atoms with Crippen molar-refractivity contribution in [2.75, 3.05) is 53.0 Å². The Morgan fingerprint density at radius 3 is 2.57 bits per heavy atom. The van der Waals surface area contributed by atoms with E-state index >= 15 is 0 Å². The lowest BCUT2D eigenvalue weighted by Gasteiger charge is -2.30. The van der Waals surface area contributed by atoms with Crippen LogP contribution in [0.1, 0.15) is 37.2 Å². The Morgan fingerprint density at radius 2 is 1.90 bits per heavy atom. The first-order chi connectivity index (χ1) is 20.3. The van der Waals surface area contributed by atoms with Crippen LogP contribution < -0.4 is 10.1 Å². The quantitative estimate of drug-likeness (QED) is 0.297. The van der Waals surface area contributed by atoms with Crippen molar-refractivity contribution in [3.63, 3.8) is 0 Å². The van der Waals surface area contributed by atoms with E-state index in [1.165, 1.54) is 19.2 Å². The fourth-order valence-electron chi connectivity index (χ4n) is 5.00. The number of aliphatic hydroxyl groups excluding tert-OH is 1. The second-order valence-electron chi connectivity index (χ2n) is 10.1. The molecule has 2 heterocycles. The van der Waals surface area contributed by atoms with E-state index in [0.717, 1.165) is 22.8 Å². The maximum atomic E-state index is 13.2. The fourth-order valence-corrected chi connectivity index (χ4v) is 6.41. The number of benzene rings is 2. The van der Waals surface area contributed by atoms with Crippen LogP contribution >= 0.6 is 0 Å². The molecule has 0 saturated carbocycles. The van der Waals surface area contributed by atoms with Crippen molar-refractivity contribution >= 4 is 21.8 Å². The van der Waals surface area contributed by atoms with Gasteiger partial charge < -0.3 is 29.5 Å². The van der Waals surface area contributed by atoms with E-state index in [2.05, 4.69) is 5.32 Å². The van der Waals surface area contributed by atoms with Gasteiger partial charge in [-0.1, -0.05) is 30.3 Å². The van der Waals surface area contributed by atoms with Gasteiger partial charge in [-0.3, -0.25) is 9.59 Å². The summed E-state index contributed by atoms with van der Waals surface area (Å²) in [6.45, 7) is 1.25. The van der Waals surface area contributed by atoms with Gasteiger partial charge in [0.25, 0.3) is 5.91 Å². The van der Waals surface area contributed by atoms with Gasteiger partial charge in [-0.2, -0.15) is 4.31 Å². The van der Waals surface area contributed by atoms with E-state index in [4.69, 9.17) is 14.2 Å². The topological polar surface area (TPSA) is 135 Å². The fraction of sp³-hybridized carbons (Fsp3) is 0.467. The summed E-state index contributed by atoms with van der Waals surface area (Å²) in [6, 6.07) is 15.7. The third-order valence-corrected chi connectivity index (χ3v) is 9.17. The van der Waals surface area contributed by atoms with Gasteiger partial charge in [0, 0.05) is 51.5 Å². The van der Waals surface area contributed by atoms with E-state index < -0.39 is 16.3 Å². The number of aliphatic hydroxyl groups is 1. The van der Waals surface area contributed by atoms with Crippen LogP contribution in [0, 0.1) is 0 Å². The summed E-state index contributed by atoms with van der Waals surface area (Å²) in [5, 5.41) is 12.4. The molecule has 2 aliphatic heterocycles. The number of rotatable bonds is 15. The molecule has 2 aromatic carbocycles. The molecule has 0 spiro atoms. The summed E-state index contributed by atoms with van der Waals surface area (Å²) < 4.78 is 44.6. The van der Waals surface area contributed by atoms with E-state index in [9.17, 15) is 23.1 Å². The summed E-state index contributed by atoms with van der Waals surface area (Å²) in [6.07, 6.45) is 3.52. The lowest BCUT2D eigenvalue weighted by atomic mass is 9.93. The molecule has 42 heavy (non-hydrogen) atoms. The van der Waals surface area contributed by atoms with Crippen molar-refractivity contribution in [3.8, 4) is 5.75 Å². The van der Waals surface area contributed by atoms with Crippen LogP contribution in [0.25, 0.3) is 0 Å². The zero-order valence-electron chi connectivity index (χ0n) is 23.8. The number of sulfonamides is 1. The van der Waals surface area contributed by atoms with Crippen LogP contribution in [0.2, 0.25) is 0 Å². The Kier molecular flexibility index (Phi) is 11.4. The molecule has 1 saturated heterocycles. The average molecular weight is 602 g/mol. The smallest absolute Gasteiger partial charge is 0.286 e. The third-order valence-electron chi connectivity index (χ3n) is 7.26. The molecule has 2 N–H and O–H groups in total. The third kappa shape index (κ3) is 8.31. The zero-order valence-corrected chi connectivity index (χ0v) is 24.6. The first-order valence-electron chi connectivity index (χ1n) is 14.2. The highest BCUT2D eigenvalue weighted by Crippen LogP contribution is 2.31. The number of allylic oxidation sites excluding steroid dienone is 1. The Labute approximate surface area is 247 Å². The van der Waals surface area contributed by atoms with Gasteiger partial charge in [-0.05, 0) is 48.7 Å². The minimum atomic E-state index is -3.89. The second kappa shape index (κ2) is 15.1. The summed E-state index contributed by atoms with van der Waals surface area (Å²) in [5.74, 6) is 0.295. The Balaban J connectivity index is 1.37. The molecule has 12 heteroatoms. The first kappa shape index (κ1) is 31.5. The van der Waals surface area contributed by atoms with E-state index in [1.54, 1.807) is 18.2 Å².